The molecule has 4 nitrogen and oxygen atoms in total. The lowest BCUT2D eigenvalue weighted by Gasteiger charge is -2.13. The van der Waals surface area contributed by atoms with Crippen molar-refractivity contribution < 1.29 is 21.9 Å². The number of hydrogen-bond acceptors (Lipinski definition) is 4. The van der Waals surface area contributed by atoms with Crippen molar-refractivity contribution >= 4 is 39.8 Å². The van der Waals surface area contributed by atoms with Crippen LogP contribution in [-0.2, 0) is 4.74 Å². The number of aryl methyl sites for hydroxylation is 2. The third kappa shape index (κ3) is 4.26. The second-order valence-electron chi connectivity index (χ2n) is 5.85. The Bertz CT molecular complexity index is 958. The summed E-state index contributed by atoms with van der Waals surface area (Å²) in [7, 11) is 0. The predicted molar refractivity (Wildman–Crippen MR) is 102 cm³/mol. The SMILES string of the molecule is CCOC(=O)c1ccc2nc(C)cc(Nc3ccc(C)c(Cl)c3)c2c1.[Cl-]. The number of benzene rings is 2. The molecule has 0 saturated carbocycles. The fourth-order valence-corrected chi connectivity index (χ4v) is 2.81. The smallest absolute Gasteiger partial charge is 0.338 e. The molecule has 1 aromatic heterocycles. The maximum atomic E-state index is 12.0. The van der Waals surface area contributed by atoms with E-state index < -0.39 is 0 Å². The molecule has 0 aliphatic rings. The lowest BCUT2D eigenvalue weighted by Crippen LogP contribution is -3.00. The number of pyridine rings is 1. The van der Waals surface area contributed by atoms with Crippen LogP contribution in [0.2, 0.25) is 5.02 Å². The van der Waals surface area contributed by atoms with Gasteiger partial charge in [0.15, 0.2) is 0 Å². The van der Waals surface area contributed by atoms with E-state index in [0.29, 0.717) is 17.2 Å². The summed E-state index contributed by atoms with van der Waals surface area (Å²) < 4.78 is 5.09. The van der Waals surface area contributed by atoms with Gasteiger partial charge in [0, 0.05) is 27.5 Å². The molecule has 0 aliphatic carbocycles. The number of ether oxygens (including phenoxy) is 1. The Morgan fingerprint density at radius 3 is 2.62 bits per heavy atom. The van der Waals surface area contributed by atoms with Crippen molar-refractivity contribution in [2.45, 2.75) is 20.8 Å². The third-order valence-corrected chi connectivity index (χ3v) is 4.31. The standard InChI is InChI=1S/C20H19ClN2O2.ClH/c1-4-25-20(24)14-6-8-18-16(10-14)19(9-13(3)22-18)23-15-7-5-12(2)17(21)11-15;/h5-11H,4H2,1-3H3,(H,22,23);1H/p-1. The zero-order chi connectivity index (χ0) is 18.0. The van der Waals surface area contributed by atoms with Gasteiger partial charge in [-0.2, -0.15) is 0 Å². The van der Waals surface area contributed by atoms with Crippen molar-refractivity contribution in [3.63, 3.8) is 0 Å². The van der Waals surface area contributed by atoms with E-state index in [-0.39, 0.29) is 18.4 Å². The van der Waals surface area contributed by atoms with Gasteiger partial charge >= 0.3 is 5.97 Å². The minimum atomic E-state index is -0.339. The Kier molecular flexibility index (Phi) is 6.46. The molecular formula is C20H19Cl2N2O2-. The van der Waals surface area contributed by atoms with E-state index >= 15 is 0 Å². The Hall–Kier alpha value is -2.30. The molecule has 2 aromatic carbocycles. The molecule has 1 N–H and O–H groups in total. The van der Waals surface area contributed by atoms with Crippen LogP contribution in [-0.4, -0.2) is 17.6 Å². The highest BCUT2D eigenvalue weighted by Crippen LogP contribution is 2.29. The van der Waals surface area contributed by atoms with Crippen molar-refractivity contribution in [2.24, 2.45) is 0 Å². The van der Waals surface area contributed by atoms with E-state index in [1.807, 2.05) is 44.2 Å². The summed E-state index contributed by atoms with van der Waals surface area (Å²) >= 11 is 6.22. The summed E-state index contributed by atoms with van der Waals surface area (Å²) in [6.07, 6.45) is 0. The second-order valence-corrected chi connectivity index (χ2v) is 6.26. The van der Waals surface area contributed by atoms with Crippen molar-refractivity contribution in [1.29, 1.82) is 0 Å². The Morgan fingerprint density at radius 2 is 1.92 bits per heavy atom. The number of aromatic nitrogens is 1. The van der Waals surface area contributed by atoms with Gasteiger partial charge in [0.05, 0.1) is 17.7 Å². The fraction of sp³-hybridized carbons (Fsp3) is 0.200. The van der Waals surface area contributed by atoms with E-state index in [0.717, 1.165) is 33.5 Å². The molecule has 0 amide bonds. The average Bonchev–Trinajstić information content (AvgIpc) is 2.58. The lowest BCUT2D eigenvalue weighted by molar-refractivity contribution is -0.0000231. The molecule has 0 fully saturated rings. The van der Waals surface area contributed by atoms with Crippen LogP contribution in [0, 0.1) is 13.8 Å². The normalized spacial score (nSPS) is 10.3. The summed E-state index contributed by atoms with van der Waals surface area (Å²) in [5.41, 5.74) is 4.97. The molecule has 3 rings (SSSR count). The van der Waals surface area contributed by atoms with Crippen LogP contribution >= 0.6 is 11.6 Å². The van der Waals surface area contributed by atoms with Gasteiger partial charge in [0.25, 0.3) is 0 Å². The number of nitrogens with zero attached hydrogens (tertiary/aromatic N) is 1. The minimum Gasteiger partial charge on any atom is -1.00 e. The predicted octanol–water partition coefficient (Wildman–Crippen LogP) is 2.43. The van der Waals surface area contributed by atoms with E-state index in [9.17, 15) is 4.79 Å². The zero-order valence-electron chi connectivity index (χ0n) is 14.8. The van der Waals surface area contributed by atoms with Gasteiger partial charge in [0.1, 0.15) is 0 Å². The van der Waals surface area contributed by atoms with E-state index in [1.165, 1.54) is 0 Å². The molecular weight excluding hydrogens is 371 g/mol. The molecule has 0 bridgehead atoms. The Labute approximate surface area is 163 Å². The summed E-state index contributed by atoms with van der Waals surface area (Å²) in [6.45, 7) is 6.03. The third-order valence-electron chi connectivity index (χ3n) is 3.90. The number of carbonyl (C=O) groups excluding carboxylic acids is 1. The molecule has 0 spiro atoms. The van der Waals surface area contributed by atoms with Gasteiger partial charge in [-0.25, -0.2) is 4.79 Å². The van der Waals surface area contributed by atoms with Crippen molar-refractivity contribution in [3.05, 3.63) is 64.3 Å². The van der Waals surface area contributed by atoms with Crippen LogP contribution in [0.1, 0.15) is 28.5 Å². The number of fused-ring (bicyclic) bond motifs is 1. The van der Waals surface area contributed by atoms with Crippen LogP contribution in [0.4, 0.5) is 11.4 Å². The van der Waals surface area contributed by atoms with Gasteiger partial charge in [-0.05, 0) is 62.7 Å². The molecule has 6 heteroatoms. The Balaban J connectivity index is 0.00000243. The van der Waals surface area contributed by atoms with E-state index in [1.54, 1.807) is 19.1 Å². The monoisotopic (exact) mass is 389 g/mol. The van der Waals surface area contributed by atoms with Gasteiger partial charge in [-0.1, -0.05) is 17.7 Å². The van der Waals surface area contributed by atoms with E-state index in [2.05, 4.69) is 10.3 Å². The lowest BCUT2D eigenvalue weighted by atomic mass is 10.1. The molecule has 0 unspecified atom stereocenters. The fourth-order valence-electron chi connectivity index (χ4n) is 2.63. The second kappa shape index (κ2) is 8.39. The number of hydrogen-bond donors (Lipinski definition) is 1. The number of nitrogens with one attached hydrogen (secondary N) is 1. The van der Waals surface area contributed by atoms with Gasteiger partial charge in [-0.3, -0.25) is 4.98 Å². The first-order valence-corrected chi connectivity index (χ1v) is 8.47. The first-order valence-electron chi connectivity index (χ1n) is 8.09. The van der Waals surface area contributed by atoms with E-state index in [4.69, 9.17) is 16.3 Å². The number of esters is 1. The summed E-state index contributed by atoms with van der Waals surface area (Å²) in [5, 5.41) is 4.93. The number of halogens is 2. The highest BCUT2D eigenvalue weighted by Gasteiger charge is 2.11. The number of carbonyl (C=O) groups is 1. The first-order chi connectivity index (χ1) is 12.0. The summed E-state index contributed by atoms with van der Waals surface area (Å²) in [5.74, 6) is -0.339. The van der Waals surface area contributed by atoms with Crippen LogP contribution in [0.3, 0.4) is 0 Å². The molecule has 0 saturated heterocycles. The van der Waals surface area contributed by atoms with Gasteiger partial charge in [0.2, 0.25) is 0 Å². The van der Waals surface area contributed by atoms with Crippen molar-refractivity contribution in [2.75, 3.05) is 11.9 Å². The molecule has 0 aliphatic heterocycles. The van der Waals surface area contributed by atoms with Crippen molar-refractivity contribution in [3.8, 4) is 0 Å². The molecule has 0 radical (unpaired) electrons. The van der Waals surface area contributed by atoms with Crippen LogP contribution < -0.4 is 17.7 Å². The van der Waals surface area contributed by atoms with Crippen LogP contribution in [0.5, 0.6) is 0 Å². The van der Waals surface area contributed by atoms with Crippen LogP contribution in [0.15, 0.2) is 42.5 Å². The molecule has 136 valence electrons. The molecule has 26 heavy (non-hydrogen) atoms. The largest absolute Gasteiger partial charge is 1.00 e. The maximum Gasteiger partial charge on any atom is 0.338 e. The Morgan fingerprint density at radius 1 is 1.15 bits per heavy atom. The molecule has 3 aromatic rings. The highest BCUT2D eigenvalue weighted by molar-refractivity contribution is 6.31. The minimum absolute atomic E-state index is 0. The van der Waals surface area contributed by atoms with Crippen molar-refractivity contribution in [1.82, 2.24) is 4.98 Å². The topological polar surface area (TPSA) is 51.2 Å². The average molecular weight is 390 g/mol. The summed E-state index contributed by atoms with van der Waals surface area (Å²) in [6, 6.07) is 13.1. The molecule has 0 atom stereocenters. The quantitative estimate of drug-likeness (QED) is 0.696. The van der Waals surface area contributed by atoms with Crippen LogP contribution in [0.25, 0.3) is 10.9 Å². The first kappa shape index (κ1) is 20.0. The highest BCUT2D eigenvalue weighted by atomic mass is 35.5. The summed E-state index contributed by atoms with van der Waals surface area (Å²) in [4.78, 5) is 16.6. The van der Waals surface area contributed by atoms with Gasteiger partial charge < -0.3 is 22.5 Å². The van der Waals surface area contributed by atoms with Gasteiger partial charge in [-0.15, -0.1) is 0 Å². The number of rotatable bonds is 4. The number of anilines is 2. The zero-order valence-corrected chi connectivity index (χ0v) is 16.3. The molecule has 1 heterocycles. The maximum absolute atomic E-state index is 12.0.